The monoisotopic (exact) mass is 283 g/mol. The van der Waals surface area contributed by atoms with Crippen molar-refractivity contribution in [2.24, 2.45) is 0 Å². The number of hydrogen-bond donors (Lipinski definition) is 1. The molecule has 106 valence electrons. The molecule has 1 saturated heterocycles. The lowest BCUT2D eigenvalue weighted by Crippen LogP contribution is -2.28. The second-order valence-electron chi connectivity index (χ2n) is 5.69. The summed E-state index contributed by atoms with van der Waals surface area (Å²) in [6.07, 6.45) is 0.285. The SMILES string of the molecule is C[C@@H](O)c1c(F)cccc1N1CCSC(C)(C)CC1. The molecule has 1 N–H and O–H groups in total. The Labute approximate surface area is 119 Å². The van der Waals surface area contributed by atoms with Crippen molar-refractivity contribution in [2.45, 2.75) is 38.0 Å². The zero-order valence-electron chi connectivity index (χ0n) is 11.8. The molecule has 0 spiro atoms. The molecule has 1 aromatic rings. The Kier molecular flexibility index (Phi) is 4.41. The van der Waals surface area contributed by atoms with Gasteiger partial charge in [0, 0.05) is 34.8 Å². The number of halogens is 1. The van der Waals surface area contributed by atoms with Gasteiger partial charge in [0.15, 0.2) is 0 Å². The highest BCUT2D eigenvalue weighted by molar-refractivity contribution is 8.00. The Morgan fingerprint density at radius 1 is 1.37 bits per heavy atom. The van der Waals surface area contributed by atoms with E-state index in [2.05, 4.69) is 18.7 Å². The summed E-state index contributed by atoms with van der Waals surface area (Å²) in [6.45, 7) is 7.93. The minimum atomic E-state index is -0.778. The Morgan fingerprint density at radius 2 is 2.11 bits per heavy atom. The van der Waals surface area contributed by atoms with Gasteiger partial charge in [-0.1, -0.05) is 19.9 Å². The lowest BCUT2D eigenvalue weighted by atomic mass is 10.0. The van der Waals surface area contributed by atoms with E-state index >= 15 is 0 Å². The second-order valence-corrected chi connectivity index (χ2v) is 7.50. The first-order valence-corrected chi connectivity index (χ1v) is 7.75. The molecular weight excluding hydrogens is 261 g/mol. The zero-order chi connectivity index (χ0) is 14.0. The number of benzene rings is 1. The molecule has 4 heteroatoms. The first kappa shape index (κ1) is 14.7. The van der Waals surface area contributed by atoms with Crippen molar-refractivity contribution in [1.82, 2.24) is 0 Å². The first-order valence-electron chi connectivity index (χ1n) is 6.76. The Bertz CT molecular complexity index is 448. The summed E-state index contributed by atoms with van der Waals surface area (Å²) in [4.78, 5) is 2.20. The van der Waals surface area contributed by atoms with E-state index in [9.17, 15) is 9.50 Å². The van der Waals surface area contributed by atoms with Gasteiger partial charge >= 0.3 is 0 Å². The van der Waals surface area contributed by atoms with Crippen LogP contribution in [0.15, 0.2) is 18.2 Å². The standard InChI is InChI=1S/C15H22FNOS/c1-11(18)14-12(16)5-4-6-13(14)17-8-7-15(2,3)19-10-9-17/h4-6,11,18H,7-10H2,1-3H3/t11-/m1/s1. The largest absolute Gasteiger partial charge is 0.389 e. The number of rotatable bonds is 2. The van der Waals surface area contributed by atoms with Crippen molar-refractivity contribution in [3.05, 3.63) is 29.6 Å². The lowest BCUT2D eigenvalue weighted by Gasteiger charge is -2.27. The number of hydrogen-bond acceptors (Lipinski definition) is 3. The number of nitrogens with zero attached hydrogens (tertiary/aromatic N) is 1. The van der Waals surface area contributed by atoms with Crippen molar-refractivity contribution in [2.75, 3.05) is 23.7 Å². The van der Waals surface area contributed by atoms with Gasteiger partial charge in [0.25, 0.3) is 0 Å². The Morgan fingerprint density at radius 3 is 2.79 bits per heavy atom. The van der Waals surface area contributed by atoms with Crippen LogP contribution in [-0.2, 0) is 0 Å². The fraction of sp³-hybridized carbons (Fsp3) is 0.600. The topological polar surface area (TPSA) is 23.5 Å². The Balaban J connectivity index is 2.29. The van der Waals surface area contributed by atoms with Crippen LogP contribution in [0.2, 0.25) is 0 Å². The number of anilines is 1. The molecule has 0 amide bonds. The molecule has 1 aliphatic heterocycles. The molecule has 0 aromatic heterocycles. The highest BCUT2D eigenvalue weighted by Crippen LogP contribution is 2.35. The van der Waals surface area contributed by atoms with E-state index in [1.807, 2.05) is 17.8 Å². The highest BCUT2D eigenvalue weighted by atomic mass is 32.2. The molecule has 1 atom stereocenters. The van der Waals surface area contributed by atoms with E-state index in [1.165, 1.54) is 6.07 Å². The van der Waals surface area contributed by atoms with Gasteiger partial charge in [-0.15, -0.1) is 0 Å². The predicted octanol–water partition coefficient (Wildman–Crippen LogP) is 3.60. The van der Waals surface area contributed by atoms with Crippen molar-refractivity contribution in [1.29, 1.82) is 0 Å². The average molecular weight is 283 g/mol. The molecule has 0 aliphatic carbocycles. The van der Waals surface area contributed by atoms with Crippen LogP contribution in [0.1, 0.15) is 38.9 Å². The molecule has 2 rings (SSSR count). The van der Waals surface area contributed by atoms with Crippen LogP contribution in [0, 0.1) is 5.82 Å². The molecule has 0 unspecified atom stereocenters. The van der Waals surface area contributed by atoms with Crippen LogP contribution >= 0.6 is 11.8 Å². The lowest BCUT2D eigenvalue weighted by molar-refractivity contribution is 0.194. The molecule has 0 saturated carbocycles. The van der Waals surface area contributed by atoms with Crippen molar-refractivity contribution in [3.63, 3.8) is 0 Å². The van der Waals surface area contributed by atoms with E-state index in [0.29, 0.717) is 5.56 Å². The minimum Gasteiger partial charge on any atom is -0.389 e. The van der Waals surface area contributed by atoms with E-state index in [4.69, 9.17) is 0 Å². The summed E-state index contributed by atoms with van der Waals surface area (Å²) in [7, 11) is 0. The van der Waals surface area contributed by atoms with Gasteiger partial charge in [-0.05, 0) is 25.5 Å². The van der Waals surface area contributed by atoms with Crippen LogP contribution in [0.3, 0.4) is 0 Å². The molecule has 2 nitrogen and oxygen atoms in total. The summed E-state index contributed by atoms with van der Waals surface area (Å²) in [5.74, 6) is 0.714. The molecule has 0 radical (unpaired) electrons. The van der Waals surface area contributed by atoms with Gasteiger partial charge in [0.1, 0.15) is 5.82 Å². The summed E-state index contributed by atoms with van der Waals surface area (Å²) in [6, 6.07) is 5.05. The van der Waals surface area contributed by atoms with Gasteiger partial charge in [0.2, 0.25) is 0 Å². The molecule has 1 heterocycles. The van der Waals surface area contributed by atoms with Crippen LogP contribution < -0.4 is 4.90 Å². The molecule has 1 aliphatic rings. The molecule has 19 heavy (non-hydrogen) atoms. The maximum absolute atomic E-state index is 13.9. The van der Waals surface area contributed by atoms with E-state index in [0.717, 1.165) is 31.0 Å². The van der Waals surface area contributed by atoms with Crippen LogP contribution in [0.25, 0.3) is 0 Å². The molecular formula is C15H22FNOS. The van der Waals surface area contributed by atoms with Crippen molar-refractivity contribution >= 4 is 17.4 Å². The minimum absolute atomic E-state index is 0.271. The third kappa shape index (κ3) is 3.42. The predicted molar refractivity (Wildman–Crippen MR) is 80.4 cm³/mol. The quantitative estimate of drug-likeness (QED) is 0.897. The van der Waals surface area contributed by atoms with Crippen LogP contribution in [0.4, 0.5) is 10.1 Å². The summed E-state index contributed by atoms with van der Waals surface area (Å²) < 4.78 is 14.2. The number of thioether (sulfide) groups is 1. The third-order valence-corrected chi connectivity index (χ3v) is 5.00. The van der Waals surface area contributed by atoms with Gasteiger partial charge in [-0.3, -0.25) is 0 Å². The van der Waals surface area contributed by atoms with Crippen LogP contribution in [0.5, 0.6) is 0 Å². The van der Waals surface area contributed by atoms with Crippen molar-refractivity contribution in [3.8, 4) is 0 Å². The smallest absolute Gasteiger partial charge is 0.131 e. The van der Waals surface area contributed by atoms with E-state index < -0.39 is 6.10 Å². The van der Waals surface area contributed by atoms with Crippen molar-refractivity contribution < 1.29 is 9.50 Å². The van der Waals surface area contributed by atoms with Gasteiger partial charge < -0.3 is 10.0 Å². The van der Waals surface area contributed by atoms with Gasteiger partial charge in [0.05, 0.1) is 6.10 Å². The van der Waals surface area contributed by atoms with Gasteiger partial charge in [-0.25, -0.2) is 4.39 Å². The first-order chi connectivity index (χ1) is 8.91. The fourth-order valence-corrected chi connectivity index (χ4v) is 3.58. The van der Waals surface area contributed by atoms with Crippen LogP contribution in [-0.4, -0.2) is 28.7 Å². The molecule has 0 bridgehead atoms. The average Bonchev–Trinajstić information content (AvgIpc) is 2.49. The number of aliphatic hydroxyl groups excluding tert-OH is 1. The van der Waals surface area contributed by atoms with E-state index in [1.54, 1.807) is 13.0 Å². The summed E-state index contributed by atoms with van der Waals surface area (Å²) in [5, 5.41) is 9.82. The zero-order valence-corrected chi connectivity index (χ0v) is 12.6. The highest BCUT2D eigenvalue weighted by Gasteiger charge is 2.26. The fourth-order valence-electron chi connectivity index (χ4n) is 2.48. The summed E-state index contributed by atoms with van der Waals surface area (Å²) >= 11 is 1.96. The number of aliphatic hydroxyl groups is 1. The normalized spacial score (nSPS) is 21.0. The third-order valence-electron chi connectivity index (χ3n) is 3.63. The maximum atomic E-state index is 13.9. The van der Waals surface area contributed by atoms with E-state index in [-0.39, 0.29) is 10.6 Å². The second kappa shape index (κ2) is 5.71. The van der Waals surface area contributed by atoms with Gasteiger partial charge in [-0.2, -0.15) is 11.8 Å². The maximum Gasteiger partial charge on any atom is 0.131 e. The molecule has 1 aromatic carbocycles. The Hall–Kier alpha value is -0.740. The summed E-state index contributed by atoms with van der Waals surface area (Å²) in [5.41, 5.74) is 1.26. The molecule has 1 fully saturated rings.